The largest absolute Gasteiger partial charge is 0.497 e. The second kappa shape index (κ2) is 9.75. The van der Waals surface area contributed by atoms with E-state index in [9.17, 15) is 13.8 Å². The van der Waals surface area contributed by atoms with Gasteiger partial charge in [0.2, 0.25) is 0 Å². The second-order valence-electron chi connectivity index (χ2n) is 7.09. The molecule has 0 amide bonds. The Balaban J connectivity index is 2.02. The fourth-order valence-corrected chi connectivity index (χ4v) is 4.16. The van der Waals surface area contributed by atoms with Crippen LogP contribution in [0.25, 0.3) is 5.57 Å². The van der Waals surface area contributed by atoms with Crippen molar-refractivity contribution in [3.05, 3.63) is 76.7 Å². The molecule has 2 aromatic rings. The van der Waals surface area contributed by atoms with Gasteiger partial charge in [0, 0.05) is 29.7 Å². The first-order valence-electron chi connectivity index (χ1n) is 9.68. The van der Waals surface area contributed by atoms with Crippen LogP contribution in [0, 0.1) is 6.92 Å². The summed E-state index contributed by atoms with van der Waals surface area (Å²) < 4.78 is 28.9. The number of benzene rings is 2. The van der Waals surface area contributed by atoms with Crippen LogP contribution in [0.4, 0.5) is 0 Å². The van der Waals surface area contributed by atoms with Crippen LogP contribution < -0.4 is 4.74 Å². The van der Waals surface area contributed by atoms with Crippen LogP contribution >= 0.6 is 0 Å². The standard InChI is InChI=1S/C24H24O6S/c1-15-5-8-20(9-6-15)31(27)12-11-18-13-23(29-16(2)25)24(30-17(3)26)22-14-19(28-4)7-10-21(18)22/h5-14,23-24H,1-4H3/b12-11-/t23-,24-,31-/m1/s1. The number of carbonyl (C=O) groups excluding carboxylic acids is 2. The minimum atomic E-state index is -1.36. The van der Waals surface area contributed by atoms with Gasteiger partial charge in [0.1, 0.15) is 5.75 Å². The Morgan fingerprint density at radius 1 is 1.00 bits per heavy atom. The summed E-state index contributed by atoms with van der Waals surface area (Å²) in [7, 11) is 0.183. The summed E-state index contributed by atoms with van der Waals surface area (Å²) in [6.45, 7) is 4.56. The van der Waals surface area contributed by atoms with Gasteiger partial charge in [-0.25, -0.2) is 4.21 Å². The molecule has 3 atom stereocenters. The van der Waals surface area contributed by atoms with Crippen molar-refractivity contribution in [1.82, 2.24) is 0 Å². The molecule has 162 valence electrons. The van der Waals surface area contributed by atoms with E-state index in [4.69, 9.17) is 14.2 Å². The summed E-state index contributed by atoms with van der Waals surface area (Å²) in [6, 6.07) is 12.8. The third kappa shape index (κ3) is 5.49. The molecule has 0 unspecified atom stereocenters. The number of rotatable bonds is 6. The third-order valence-electron chi connectivity index (χ3n) is 4.74. The highest BCUT2D eigenvalue weighted by molar-refractivity contribution is 7.88. The molecular weight excluding hydrogens is 416 g/mol. The molecule has 7 heteroatoms. The van der Waals surface area contributed by atoms with Gasteiger partial charge in [0.05, 0.1) is 17.9 Å². The first-order chi connectivity index (χ1) is 14.8. The number of carbonyl (C=O) groups is 2. The van der Waals surface area contributed by atoms with E-state index in [0.717, 1.165) is 11.1 Å². The van der Waals surface area contributed by atoms with E-state index in [2.05, 4.69) is 0 Å². The summed E-state index contributed by atoms with van der Waals surface area (Å²) >= 11 is 0. The lowest BCUT2D eigenvalue weighted by Gasteiger charge is -2.31. The van der Waals surface area contributed by atoms with Crippen molar-refractivity contribution in [2.45, 2.75) is 37.9 Å². The van der Waals surface area contributed by atoms with E-state index in [0.29, 0.717) is 21.8 Å². The fraction of sp³-hybridized carbons (Fsp3) is 0.250. The third-order valence-corrected chi connectivity index (χ3v) is 5.86. The van der Waals surface area contributed by atoms with Crippen molar-refractivity contribution in [1.29, 1.82) is 0 Å². The van der Waals surface area contributed by atoms with Crippen molar-refractivity contribution in [3.8, 4) is 5.75 Å². The molecule has 1 aliphatic rings. The average molecular weight is 441 g/mol. The zero-order valence-electron chi connectivity index (χ0n) is 17.8. The molecule has 0 spiro atoms. The highest BCUT2D eigenvalue weighted by atomic mass is 32.2. The van der Waals surface area contributed by atoms with Crippen molar-refractivity contribution >= 4 is 28.3 Å². The topological polar surface area (TPSA) is 78.9 Å². The summed E-state index contributed by atoms with van der Waals surface area (Å²) in [6.07, 6.45) is 1.79. The minimum Gasteiger partial charge on any atom is -0.497 e. The predicted octanol–water partition coefficient (Wildman–Crippen LogP) is 4.26. The Bertz CT molecular complexity index is 1070. The number of ether oxygens (including phenoxy) is 3. The number of methoxy groups -OCH3 is 1. The first-order valence-corrected chi connectivity index (χ1v) is 10.9. The normalized spacial score (nSPS) is 18.6. The maximum atomic E-state index is 12.7. The van der Waals surface area contributed by atoms with Crippen LogP contribution in [-0.4, -0.2) is 29.4 Å². The molecule has 0 aromatic heterocycles. The molecule has 2 aromatic carbocycles. The Labute approximate surface area is 184 Å². The van der Waals surface area contributed by atoms with Gasteiger partial charge in [-0.05, 0) is 54.5 Å². The first kappa shape index (κ1) is 22.5. The Hall–Kier alpha value is -3.19. The Kier molecular flexibility index (Phi) is 7.07. The lowest BCUT2D eigenvalue weighted by atomic mass is 9.86. The maximum absolute atomic E-state index is 12.7. The second-order valence-corrected chi connectivity index (χ2v) is 8.43. The van der Waals surface area contributed by atoms with Crippen molar-refractivity contribution in [3.63, 3.8) is 0 Å². The van der Waals surface area contributed by atoms with Gasteiger partial charge in [-0.2, -0.15) is 0 Å². The molecule has 0 aliphatic heterocycles. The van der Waals surface area contributed by atoms with Crippen molar-refractivity contribution in [2.24, 2.45) is 0 Å². The molecular formula is C24H24O6S. The molecule has 0 N–H and O–H groups in total. The lowest BCUT2D eigenvalue weighted by molar-refractivity contribution is -0.162. The number of hydrogen-bond donors (Lipinski definition) is 0. The van der Waals surface area contributed by atoms with Gasteiger partial charge in [-0.1, -0.05) is 23.8 Å². The van der Waals surface area contributed by atoms with E-state index in [1.165, 1.54) is 21.0 Å². The van der Waals surface area contributed by atoms with E-state index in [1.807, 2.05) is 37.3 Å². The number of fused-ring (bicyclic) bond motifs is 1. The van der Waals surface area contributed by atoms with E-state index in [-0.39, 0.29) is 0 Å². The van der Waals surface area contributed by atoms with Gasteiger partial charge in [-0.3, -0.25) is 9.59 Å². The molecule has 1 aliphatic carbocycles. The smallest absolute Gasteiger partial charge is 0.303 e. The number of hydrogen-bond acceptors (Lipinski definition) is 6. The van der Waals surface area contributed by atoms with E-state index in [1.54, 1.807) is 29.7 Å². The lowest BCUT2D eigenvalue weighted by Crippen LogP contribution is -2.29. The van der Waals surface area contributed by atoms with Gasteiger partial charge >= 0.3 is 11.9 Å². The summed E-state index contributed by atoms with van der Waals surface area (Å²) in [4.78, 5) is 24.1. The Morgan fingerprint density at radius 3 is 2.29 bits per heavy atom. The van der Waals surface area contributed by atoms with Crippen molar-refractivity contribution in [2.75, 3.05) is 7.11 Å². The molecule has 0 heterocycles. The summed E-state index contributed by atoms with van der Waals surface area (Å²) in [5.74, 6) is -0.425. The monoisotopic (exact) mass is 440 g/mol. The number of aryl methyl sites for hydroxylation is 1. The number of esters is 2. The Morgan fingerprint density at radius 2 is 1.68 bits per heavy atom. The minimum absolute atomic E-state index is 0.496. The van der Waals surface area contributed by atoms with E-state index < -0.39 is 34.9 Å². The molecule has 0 radical (unpaired) electrons. The fourth-order valence-electron chi connectivity index (χ4n) is 3.33. The van der Waals surface area contributed by atoms with Crippen LogP contribution in [0.1, 0.15) is 36.6 Å². The quantitative estimate of drug-likeness (QED) is 0.625. The van der Waals surface area contributed by atoms with Crippen molar-refractivity contribution < 1.29 is 28.0 Å². The highest BCUT2D eigenvalue weighted by Gasteiger charge is 2.34. The molecule has 0 fully saturated rings. The summed E-state index contributed by atoms with van der Waals surface area (Å²) in [5.41, 5.74) is 3.20. The maximum Gasteiger partial charge on any atom is 0.303 e. The summed E-state index contributed by atoms with van der Waals surface area (Å²) in [5, 5.41) is 1.58. The molecule has 6 nitrogen and oxygen atoms in total. The van der Waals surface area contributed by atoms with Crippen LogP contribution in [0.2, 0.25) is 0 Å². The predicted molar refractivity (Wildman–Crippen MR) is 118 cm³/mol. The highest BCUT2D eigenvalue weighted by Crippen LogP contribution is 2.39. The van der Waals surface area contributed by atoms with Gasteiger partial charge in [0.15, 0.2) is 12.2 Å². The van der Waals surface area contributed by atoms with Crippen LogP contribution in [-0.2, 0) is 29.9 Å². The number of allylic oxidation sites excluding steroid dienone is 2. The van der Waals surface area contributed by atoms with E-state index >= 15 is 0 Å². The van der Waals surface area contributed by atoms with Gasteiger partial charge < -0.3 is 14.2 Å². The zero-order chi connectivity index (χ0) is 22.5. The van der Waals surface area contributed by atoms with Crippen LogP contribution in [0.3, 0.4) is 0 Å². The molecule has 0 bridgehead atoms. The van der Waals surface area contributed by atoms with Gasteiger partial charge in [0.25, 0.3) is 0 Å². The molecule has 31 heavy (non-hydrogen) atoms. The van der Waals surface area contributed by atoms with Crippen LogP contribution in [0.5, 0.6) is 5.75 Å². The van der Waals surface area contributed by atoms with Gasteiger partial charge in [-0.15, -0.1) is 0 Å². The molecule has 3 rings (SSSR count). The van der Waals surface area contributed by atoms with Crippen LogP contribution in [0.15, 0.2) is 64.9 Å². The average Bonchev–Trinajstić information content (AvgIpc) is 2.73. The SMILES string of the molecule is COc1ccc2c(c1)[C@@H](OC(C)=O)[C@H](OC(C)=O)C=C2/C=C\[S@@](=O)c1ccc(C)cc1. The zero-order valence-corrected chi connectivity index (χ0v) is 18.6. The molecule has 0 saturated carbocycles. The molecule has 0 saturated heterocycles.